The summed E-state index contributed by atoms with van der Waals surface area (Å²) in [5.41, 5.74) is 5.51. The van der Waals surface area contributed by atoms with E-state index in [0.717, 1.165) is 25.0 Å². The van der Waals surface area contributed by atoms with Crippen LogP contribution in [0.1, 0.15) is 39.5 Å². The van der Waals surface area contributed by atoms with Gasteiger partial charge in [-0.05, 0) is 45.7 Å². The Morgan fingerprint density at radius 1 is 1.42 bits per heavy atom. The van der Waals surface area contributed by atoms with Crippen molar-refractivity contribution in [1.82, 2.24) is 4.90 Å². The van der Waals surface area contributed by atoms with Gasteiger partial charge in [0.15, 0.2) is 0 Å². The summed E-state index contributed by atoms with van der Waals surface area (Å²) in [5, 5.41) is 0. The minimum atomic E-state index is 0.793. The zero-order valence-corrected chi connectivity index (χ0v) is 8.42. The van der Waals surface area contributed by atoms with Gasteiger partial charge in [0.25, 0.3) is 0 Å². The Bertz CT molecular complexity index is 125. The van der Waals surface area contributed by atoms with Crippen LogP contribution >= 0.6 is 0 Å². The Hall–Kier alpha value is -0.0800. The first-order valence-electron chi connectivity index (χ1n) is 5.25. The molecule has 0 aromatic heterocycles. The van der Waals surface area contributed by atoms with Gasteiger partial charge in [-0.1, -0.05) is 6.92 Å². The van der Waals surface area contributed by atoms with Crippen LogP contribution < -0.4 is 5.73 Å². The van der Waals surface area contributed by atoms with E-state index in [2.05, 4.69) is 18.7 Å². The molecule has 1 aliphatic heterocycles. The first-order chi connectivity index (χ1) is 5.79. The number of nitrogens with zero attached hydrogens (tertiary/aromatic N) is 1. The fraction of sp³-hybridized carbons (Fsp3) is 1.00. The normalized spacial score (nSPS) is 31.2. The van der Waals surface area contributed by atoms with E-state index in [4.69, 9.17) is 5.73 Å². The van der Waals surface area contributed by atoms with Crippen molar-refractivity contribution in [3.63, 3.8) is 0 Å². The third kappa shape index (κ3) is 2.20. The second-order valence-corrected chi connectivity index (χ2v) is 3.87. The standard InChI is InChI=1S/C10H22N2/c1-3-10-6-5-9(2)12(10)8-4-7-11/h9-10H,3-8,11H2,1-2H3. The fourth-order valence-electron chi connectivity index (χ4n) is 2.24. The maximum atomic E-state index is 5.51. The molecule has 0 aromatic carbocycles. The first-order valence-corrected chi connectivity index (χ1v) is 5.25. The van der Waals surface area contributed by atoms with Gasteiger partial charge in [-0.15, -0.1) is 0 Å². The summed E-state index contributed by atoms with van der Waals surface area (Å²) in [6.07, 6.45) is 5.22. The summed E-state index contributed by atoms with van der Waals surface area (Å²) in [6, 6.07) is 1.63. The number of likely N-dealkylation sites (tertiary alicyclic amines) is 1. The molecule has 1 saturated heterocycles. The summed E-state index contributed by atoms with van der Waals surface area (Å²) in [5.74, 6) is 0. The second-order valence-electron chi connectivity index (χ2n) is 3.87. The molecular formula is C10H22N2. The SMILES string of the molecule is CCC1CCC(C)N1CCCN. The molecule has 0 saturated carbocycles. The molecule has 0 bridgehead atoms. The summed E-state index contributed by atoms with van der Waals surface area (Å²) in [7, 11) is 0. The van der Waals surface area contributed by atoms with Gasteiger partial charge in [0.05, 0.1) is 0 Å². The van der Waals surface area contributed by atoms with E-state index in [1.807, 2.05) is 0 Å². The van der Waals surface area contributed by atoms with Gasteiger partial charge in [0, 0.05) is 12.1 Å². The lowest BCUT2D eigenvalue weighted by Gasteiger charge is -2.27. The molecule has 2 N–H and O–H groups in total. The monoisotopic (exact) mass is 170 g/mol. The number of hydrogen-bond donors (Lipinski definition) is 1. The highest BCUT2D eigenvalue weighted by Crippen LogP contribution is 2.25. The molecule has 0 amide bonds. The van der Waals surface area contributed by atoms with Crippen molar-refractivity contribution in [2.45, 2.75) is 51.6 Å². The minimum Gasteiger partial charge on any atom is -0.330 e. The Balaban J connectivity index is 2.35. The van der Waals surface area contributed by atoms with Crippen molar-refractivity contribution in [3.8, 4) is 0 Å². The molecule has 0 aliphatic carbocycles. The number of hydrogen-bond acceptors (Lipinski definition) is 2. The molecule has 0 aromatic rings. The van der Waals surface area contributed by atoms with Crippen LogP contribution in [0, 0.1) is 0 Å². The summed E-state index contributed by atoms with van der Waals surface area (Å²) < 4.78 is 0. The van der Waals surface area contributed by atoms with Crippen molar-refractivity contribution >= 4 is 0 Å². The summed E-state index contributed by atoms with van der Waals surface area (Å²) in [6.45, 7) is 6.67. The molecule has 2 unspecified atom stereocenters. The maximum absolute atomic E-state index is 5.51. The van der Waals surface area contributed by atoms with Crippen LogP contribution in [0.5, 0.6) is 0 Å². The lowest BCUT2D eigenvalue weighted by molar-refractivity contribution is 0.197. The highest BCUT2D eigenvalue weighted by Gasteiger charge is 2.27. The highest BCUT2D eigenvalue weighted by molar-refractivity contribution is 4.83. The zero-order valence-electron chi connectivity index (χ0n) is 8.42. The quantitative estimate of drug-likeness (QED) is 0.694. The fourth-order valence-corrected chi connectivity index (χ4v) is 2.24. The Morgan fingerprint density at radius 3 is 2.75 bits per heavy atom. The van der Waals surface area contributed by atoms with Gasteiger partial charge < -0.3 is 5.73 Å². The van der Waals surface area contributed by atoms with Crippen molar-refractivity contribution in [2.75, 3.05) is 13.1 Å². The van der Waals surface area contributed by atoms with Gasteiger partial charge in [-0.3, -0.25) is 4.90 Å². The lowest BCUT2D eigenvalue weighted by Crippen LogP contribution is -2.35. The molecule has 0 spiro atoms. The van der Waals surface area contributed by atoms with Gasteiger partial charge in [-0.2, -0.15) is 0 Å². The van der Waals surface area contributed by atoms with Crippen molar-refractivity contribution in [3.05, 3.63) is 0 Å². The third-order valence-electron chi connectivity index (χ3n) is 3.04. The number of nitrogens with two attached hydrogens (primary N) is 1. The second kappa shape index (κ2) is 4.83. The lowest BCUT2D eigenvalue weighted by atomic mass is 10.1. The Kier molecular flexibility index (Phi) is 4.02. The average Bonchev–Trinajstić information content (AvgIpc) is 2.43. The first kappa shape index (κ1) is 10.0. The van der Waals surface area contributed by atoms with Crippen molar-refractivity contribution in [2.24, 2.45) is 5.73 Å². The molecular weight excluding hydrogens is 148 g/mol. The predicted octanol–water partition coefficient (Wildman–Crippen LogP) is 1.60. The van der Waals surface area contributed by atoms with E-state index in [1.54, 1.807) is 0 Å². The van der Waals surface area contributed by atoms with Gasteiger partial charge in [-0.25, -0.2) is 0 Å². The predicted molar refractivity (Wildman–Crippen MR) is 53.2 cm³/mol. The van der Waals surface area contributed by atoms with Crippen LogP contribution in [0.3, 0.4) is 0 Å². The van der Waals surface area contributed by atoms with Gasteiger partial charge in [0.1, 0.15) is 0 Å². The number of rotatable bonds is 4. The van der Waals surface area contributed by atoms with E-state index < -0.39 is 0 Å². The van der Waals surface area contributed by atoms with Crippen molar-refractivity contribution < 1.29 is 0 Å². The topological polar surface area (TPSA) is 29.3 Å². The van der Waals surface area contributed by atoms with E-state index in [0.29, 0.717) is 0 Å². The van der Waals surface area contributed by atoms with Crippen molar-refractivity contribution in [1.29, 1.82) is 0 Å². The van der Waals surface area contributed by atoms with Crippen LogP contribution in [0.2, 0.25) is 0 Å². The molecule has 2 atom stereocenters. The average molecular weight is 170 g/mol. The molecule has 12 heavy (non-hydrogen) atoms. The van der Waals surface area contributed by atoms with Crippen LogP contribution in [0.25, 0.3) is 0 Å². The minimum absolute atomic E-state index is 0.793. The Labute approximate surface area is 76.1 Å². The van der Waals surface area contributed by atoms with Crippen LogP contribution in [0.4, 0.5) is 0 Å². The van der Waals surface area contributed by atoms with Gasteiger partial charge in [0.2, 0.25) is 0 Å². The zero-order chi connectivity index (χ0) is 8.97. The Morgan fingerprint density at radius 2 is 2.17 bits per heavy atom. The molecule has 1 heterocycles. The van der Waals surface area contributed by atoms with Crippen LogP contribution in [-0.4, -0.2) is 30.1 Å². The van der Waals surface area contributed by atoms with Gasteiger partial charge >= 0.3 is 0 Å². The van der Waals surface area contributed by atoms with E-state index in [9.17, 15) is 0 Å². The summed E-state index contributed by atoms with van der Waals surface area (Å²) >= 11 is 0. The molecule has 72 valence electrons. The third-order valence-corrected chi connectivity index (χ3v) is 3.04. The largest absolute Gasteiger partial charge is 0.330 e. The summed E-state index contributed by atoms with van der Waals surface area (Å²) in [4.78, 5) is 2.63. The van der Waals surface area contributed by atoms with E-state index >= 15 is 0 Å². The van der Waals surface area contributed by atoms with Crippen LogP contribution in [-0.2, 0) is 0 Å². The van der Waals surface area contributed by atoms with E-state index in [-0.39, 0.29) is 0 Å². The highest BCUT2D eigenvalue weighted by atomic mass is 15.2. The molecule has 2 nitrogen and oxygen atoms in total. The maximum Gasteiger partial charge on any atom is 0.00960 e. The molecule has 1 aliphatic rings. The molecule has 1 rings (SSSR count). The smallest absolute Gasteiger partial charge is 0.00960 e. The molecule has 0 radical (unpaired) electrons. The molecule has 1 fully saturated rings. The molecule has 2 heteroatoms. The van der Waals surface area contributed by atoms with E-state index in [1.165, 1.54) is 25.8 Å². The van der Waals surface area contributed by atoms with Crippen LogP contribution in [0.15, 0.2) is 0 Å².